The van der Waals surface area contributed by atoms with E-state index >= 15 is 0 Å². The molecule has 1 N–H and O–H groups in total. The van der Waals surface area contributed by atoms with Crippen molar-refractivity contribution in [1.29, 1.82) is 0 Å². The van der Waals surface area contributed by atoms with E-state index in [0.717, 1.165) is 10.7 Å². The van der Waals surface area contributed by atoms with E-state index in [1.165, 1.54) is 10.9 Å². The molecule has 3 heteroatoms. The van der Waals surface area contributed by atoms with Gasteiger partial charge < -0.3 is 4.98 Å². The van der Waals surface area contributed by atoms with Gasteiger partial charge in [-0.05, 0) is 29.9 Å². The van der Waals surface area contributed by atoms with Crippen molar-refractivity contribution < 1.29 is 0 Å². The first-order valence-corrected chi connectivity index (χ1v) is 5.97. The van der Waals surface area contributed by atoms with Crippen LogP contribution in [0.15, 0.2) is 23.4 Å². The molecule has 2 aromatic rings. The molecule has 14 heavy (non-hydrogen) atoms. The van der Waals surface area contributed by atoms with E-state index in [4.69, 9.17) is 0 Å². The second kappa shape index (κ2) is 3.65. The molecule has 0 aliphatic rings. The number of hydrogen-bond donors (Lipinski definition) is 1. The molecule has 0 fully saturated rings. The smallest absolute Gasteiger partial charge is 0.138 e. The van der Waals surface area contributed by atoms with Crippen LogP contribution in [0, 0.1) is 0 Å². The molecule has 74 valence electrons. The molecule has 0 aromatic carbocycles. The Balaban J connectivity index is 2.70. The molecule has 0 aliphatic carbocycles. The average Bonchev–Trinajstić information content (AvgIpc) is 2.63. The molecule has 0 saturated heterocycles. The highest BCUT2D eigenvalue weighted by molar-refractivity contribution is 7.98. The van der Waals surface area contributed by atoms with E-state index in [2.05, 4.69) is 42.2 Å². The molecule has 0 bridgehead atoms. The molecular weight excluding hydrogens is 192 g/mol. The van der Waals surface area contributed by atoms with Crippen LogP contribution in [-0.4, -0.2) is 16.2 Å². The van der Waals surface area contributed by atoms with Crippen LogP contribution in [0.4, 0.5) is 0 Å². The zero-order valence-corrected chi connectivity index (χ0v) is 9.48. The Morgan fingerprint density at radius 2 is 2.21 bits per heavy atom. The lowest BCUT2D eigenvalue weighted by Gasteiger charge is -2.08. The molecular formula is C11H14N2S. The van der Waals surface area contributed by atoms with E-state index in [-0.39, 0.29) is 0 Å². The Kier molecular flexibility index (Phi) is 2.50. The zero-order valence-electron chi connectivity index (χ0n) is 8.66. The van der Waals surface area contributed by atoms with Gasteiger partial charge in [-0.3, -0.25) is 0 Å². The number of pyridine rings is 1. The summed E-state index contributed by atoms with van der Waals surface area (Å²) < 4.78 is 0. The molecule has 0 aliphatic heterocycles. The Bertz CT molecular complexity index is 445. The fourth-order valence-electron chi connectivity index (χ4n) is 1.62. The van der Waals surface area contributed by atoms with E-state index < -0.39 is 0 Å². The third kappa shape index (κ3) is 1.52. The summed E-state index contributed by atoms with van der Waals surface area (Å²) in [4.78, 5) is 7.67. The Labute approximate surface area is 88.1 Å². The van der Waals surface area contributed by atoms with Crippen molar-refractivity contribution in [3.8, 4) is 0 Å². The number of fused-ring (bicyclic) bond motifs is 1. The number of aromatic amines is 1. The van der Waals surface area contributed by atoms with Crippen molar-refractivity contribution >= 4 is 22.8 Å². The van der Waals surface area contributed by atoms with Crippen LogP contribution < -0.4 is 0 Å². The summed E-state index contributed by atoms with van der Waals surface area (Å²) in [7, 11) is 0. The first-order valence-electron chi connectivity index (χ1n) is 4.74. The lowest BCUT2D eigenvalue weighted by Crippen LogP contribution is -1.91. The second-order valence-electron chi connectivity index (χ2n) is 3.65. The molecule has 0 spiro atoms. The van der Waals surface area contributed by atoms with E-state index in [9.17, 15) is 0 Å². The highest BCUT2D eigenvalue weighted by Crippen LogP contribution is 2.27. The minimum Gasteiger partial charge on any atom is -0.346 e. The standard InChI is InChI=1S/C11H14N2S/c1-7(2)9-6-10(14-3)13-11-8(9)4-5-12-11/h4-7H,1-3H3,(H,12,13). The SMILES string of the molecule is CSc1cc(C(C)C)c2cc[nH]c2n1. The van der Waals surface area contributed by atoms with Gasteiger partial charge in [-0.15, -0.1) is 11.8 Å². The number of rotatable bonds is 2. The fraction of sp³-hybridized carbons (Fsp3) is 0.364. The average molecular weight is 206 g/mol. The largest absolute Gasteiger partial charge is 0.346 e. The molecule has 2 heterocycles. The van der Waals surface area contributed by atoms with Gasteiger partial charge in [0.25, 0.3) is 0 Å². The summed E-state index contributed by atoms with van der Waals surface area (Å²) >= 11 is 1.69. The third-order valence-electron chi connectivity index (χ3n) is 2.37. The zero-order chi connectivity index (χ0) is 10.1. The molecule has 0 radical (unpaired) electrons. The van der Waals surface area contributed by atoms with Crippen LogP contribution in [0.1, 0.15) is 25.3 Å². The van der Waals surface area contributed by atoms with Crippen LogP contribution in [0.5, 0.6) is 0 Å². The van der Waals surface area contributed by atoms with Gasteiger partial charge in [0, 0.05) is 11.6 Å². The summed E-state index contributed by atoms with van der Waals surface area (Å²) in [5.41, 5.74) is 2.38. The first kappa shape index (κ1) is 9.59. The number of thioether (sulfide) groups is 1. The summed E-state index contributed by atoms with van der Waals surface area (Å²) in [5.74, 6) is 0.544. The number of nitrogens with zero attached hydrogens (tertiary/aromatic N) is 1. The highest BCUT2D eigenvalue weighted by atomic mass is 32.2. The predicted octanol–water partition coefficient (Wildman–Crippen LogP) is 3.41. The molecule has 0 unspecified atom stereocenters. The number of hydrogen-bond acceptors (Lipinski definition) is 2. The molecule has 0 amide bonds. The van der Waals surface area contributed by atoms with Crippen molar-refractivity contribution in [2.45, 2.75) is 24.8 Å². The van der Waals surface area contributed by atoms with Crippen molar-refractivity contribution in [1.82, 2.24) is 9.97 Å². The Morgan fingerprint density at radius 1 is 1.43 bits per heavy atom. The topological polar surface area (TPSA) is 28.7 Å². The lowest BCUT2D eigenvalue weighted by molar-refractivity contribution is 0.867. The second-order valence-corrected chi connectivity index (χ2v) is 4.48. The summed E-state index contributed by atoms with van der Waals surface area (Å²) in [6.45, 7) is 4.43. The monoisotopic (exact) mass is 206 g/mol. The number of aromatic nitrogens is 2. The summed E-state index contributed by atoms with van der Waals surface area (Å²) in [6.07, 6.45) is 4.01. The molecule has 2 nitrogen and oxygen atoms in total. The first-order chi connectivity index (χ1) is 6.72. The molecule has 0 atom stereocenters. The normalized spacial score (nSPS) is 11.4. The maximum absolute atomic E-state index is 4.50. The van der Waals surface area contributed by atoms with Gasteiger partial charge in [0.1, 0.15) is 5.65 Å². The maximum Gasteiger partial charge on any atom is 0.138 e. The lowest BCUT2D eigenvalue weighted by atomic mass is 10.0. The molecule has 2 aromatic heterocycles. The quantitative estimate of drug-likeness (QED) is 0.763. The maximum atomic E-state index is 4.50. The van der Waals surface area contributed by atoms with E-state index in [1.807, 2.05) is 6.20 Å². The van der Waals surface area contributed by atoms with Crippen molar-refractivity contribution in [2.24, 2.45) is 0 Å². The Morgan fingerprint density at radius 3 is 2.86 bits per heavy atom. The minimum absolute atomic E-state index is 0.544. The van der Waals surface area contributed by atoms with Crippen molar-refractivity contribution in [3.05, 3.63) is 23.9 Å². The predicted molar refractivity (Wildman–Crippen MR) is 62.0 cm³/mol. The third-order valence-corrected chi connectivity index (χ3v) is 3.00. The van der Waals surface area contributed by atoms with Gasteiger partial charge in [-0.25, -0.2) is 4.98 Å². The van der Waals surface area contributed by atoms with Crippen molar-refractivity contribution in [2.75, 3.05) is 6.26 Å². The number of H-pyrrole nitrogens is 1. The fourth-order valence-corrected chi connectivity index (χ4v) is 2.05. The van der Waals surface area contributed by atoms with Crippen LogP contribution in [0.25, 0.3) is 11.0 Å². The van der Waals surface area contributed by atoms with Gasteiger partial charge in [-0.2, -0.15) is 0 Å². The minimum atomic E-state index is 0.544. The van der Waals surface area contributed by atoms with Crippen LogP contribution in [0.3, 0.4) is 0 Å². The molecule has 0 saturated carbocycles. The molecule has 2 rings (SSSR count). The Hall–Kier alpha value is -0.960. The van der Waals surface area contributed by atoms with E-state index in [0.29, 0.717) is 5.92 Å². The highest BCUT2D eigenvalue weighted by Gasteiger charge is 2.08. The van der Waals surface area contributed by atoms with Crippen LogP contribution in [-0.2, 0) is 0 Å². The van der Waals surface area contributed by atoms with Crippen molar-refractivity contribution in [3.63, 3.8) is 0 Å². The van der Waals surface area contributed by atoms with Gasteiger partial charge >= 0.3 is 0 Å². The van der Waals surface area contributed by atoms with E-state index in [1.54, 1.807) is 11.8 Å². The van der Waals surface area contributed by atoms with Crippen LogP contribution in [0.2, 0.25) is 0 Å². The number of nitrogens with one attached hydrogen (secondary N) is 1. The van der Waals surface area contributed by atoms with Gasteiger partial charge in [0.05, 0.1) is 5.03 Å². The van der Waals surface area contributed by atoms with Gasteiger partial charge in [-0.1, -0.05) is 13.8 Å². The van der Waals surface area contributed by atoms with Gasteiger partial charge in [0.2, 0.25) is 0 Å². The van der Waals surface area contributed by atoms with Gasteiger partial charge in [0.15, 0.2) is 0 Å². The van der Waals surface area contributed by atoms with Crippen LogP contribution >= 0.6 is 11.8 Å². The summed E-state index contributed by atoms with van der Waals surface area (Å²) in [6, 6.07) is 4.28. The summed E-state index contributed by atoms with van der Waals surface area (Å²) in [5, 5.41) is 2.33.